The second-order valence-corrected chi connectivity index (χ2v) is 6.08. The molecular formula is C21H26F2O2. The zero-order valence-electron chi connectivity index (χ0n) is 14.6. The van der Waals surface area contributed by atoms with Gasteiger partial charge in [-0.1, -0.05) is 32.1 Å². The zero-order valence-corrected chi connectivity index (χ0v) is 14.6. The molecule has 4 heteroatoms. The Balaban J connectivity index is 1.37. The van der Waals surface area contributed by atoms with Crippen molar-refractivity contribution in [3.05, 3.63) is 60.2 Å². The number of ether oxygens (including phenoxy) is 2. The van der Waals surface area contributed by atoms with Crippen LogP contribution in [0.4, 0.5) is 8.78 Å². The van der Waals surface area contributed by atoms with Gasteiger partial charge in [-0.2, -0.15) is 0 Å². The van der Waals surface area contributed by atoms with Gasteiger partial charge in [0.25, 0.3) is 0 Å². The van der Waals surface area contributed by atoms with E-state index in [0.29, 0.717) is 13.2 Å². The van der Waals surface area contributed by atoms with E-state index in [9.17, 15) is 8.78 Å². The van der Waals surface area contributed by atoms with Gasteiger partial charge in [0.1, 0.15) is 23.1 Å². The first-order valence-electron chi connectivity index (χ1n) is 9.01. The summed E-state index contributed by atoms with van der Waals surface area (Å²) in [5.41, 5.74) is 0. The van der Waals surface area contributed by atoms with Crippen LogP contribution >= 0.6 is 0 Å². The minimum Gasteiger partial charge on any atom is -0.494 e. The second kappa shape index (κ2) is 11.5. The van der Waals surface area contributed by atoms with Gasteiger partial charge in [0.05, 0.1) is 13.2 Å². The molecular weight excluding hydrogens is 322 g/mol. The van der Waals surface area contributed by atoms with E-state index in [0.717, 1.165) is 37.2 Å². The Morgan fingerprint density at radius 1 is 0.480 bits per heavy atom. The molecule has 25 heavy (non-hydrogen) atoms. The fourth-order valence-electron chi connectivity index (χ4n) is 2.53. The summed E-state index contributed by atoms with van der Waals surface area (Å²) >= 11 is 0. The molecule has 2 rings (SSSR count). The number of rotatable bonds is 12. The maximum absolute atomic E-state index is 12.7. The summed E-state index contributed by atoms with van der Waals surface area (Å²) in [6.07, 6.45) is 7.95. The Morgan fingerprint density at radius 3 is 1.16 bits per heavy atom. The predicted octanol–water partition coefficient (Wildman–Crippen LogP) is 6.15. The molecule has 0 N–H and O–H groups in total. The number of benzene rings is 2. The van der Waals surface area contributed by atoms with E-state index in [4.69, 9.17) is 9.47 Å². The Hall–Kier alpha value is -2.10. The third kappa shape index (κ3) is 8.52. The summed E-state index contributed by atoms with van der Waals surface area (Å²) in [5.74, 6) is 0.968. The summed E-state index contributed by atoms with van der Waals surface area (Å²) in [5, 5.41) is 0. The average Bonchev–Trinajstić information content (AvgIpc) is 2.63. The van der Waals surface area contributed by atoms with Gasteiger partial charge < -0.3 is 9.47 Å². The molecule has 0 saturated carbocycles. The Kier molecular flexibility index (Phi) is 8.81. The highest BCUT2D eigenvalue weighted by Gasteiger charge is 1.97. The highest BCUT2D eigenvalue weighted by atomic mass is 19.1. The molecule has 2 nitrogen and oxygen atoms in total. The fourth-order valence-corrected chi connectivity index (χ4v) is 2.53. The molecule has 0 amide bonds. The molecule has 0 saturated heterocycles. The molecule has 2 aromatic carbocycles. The molecule has 0 aliphatic heterocycles. The van der Waals surface area contributed by atoms with Crippen LogP contribution in [0.1, 0.15) is 44.9 Å². The van der Waals surface area contributed by atoms with Gasteiger partial charge in [0, 0.05) is 0 Å². The van der Waals surface area contributed by atoms with Crippen LogP contribution in [0.2, 0.25) is 0 Å². The van der Waals surface area contributed by atoms with Crippen LogP contribution in [-0.4, -0.2) is 13.2 Å². The van der Waals surface area contributed by atoms with Gasteiger partial charge in [-0.15, -0.1) is 0 Å². The number of hydrogen-bond donors (Lipinski definition) is 0. The largest absolute Gasteiger partial charge is 0.494 e. The molecule has 0 fully saturated rings. The van der Waals surface area contributed by atoms with E-state index >= 15 is 0 Å². The number of hydrogen-bond acceptors (Lipinski definition) is 2. The van der Waals surface area contributed by atoms with Crippen molar-refractivity contribution in [3.8, 4) is 11.5 Å². The van der Waals surface area contributed by atoms with Gasteiger partial charge in [0.15, 0.2) is 0 Å². The minimum absolute atomic E-state index is 0.240. The first-order valence-corrected chi connectivity index (χ1v) is 9.01. The van der Waals surface area contributed by atoms with Crippen molar-refractivity contribution in [1.29, 1.82) is 0 Å². The van der Waals surface area contributed by atoms with Crippen molar-refractivity contribution < 1.29 is 18.3 Å². The van der Waals surface area contributed by atoms with E-state index < -0.39 is 0 Å². The molecule has 0 atom stereocenters. The van der Waals surface area contributed by atoms with Crippen LogP contribution in [-0.2, 0) is 0 Å². The molecule has 2 aromatic rings. The van der Waals surface area contributed by atoms with E-state index in [1.165, 1.54) is 43.5 Å². The third-order valence-corrected chi connectivity index (χ3v) is 3.95. The highest BCUT2D eigenvalue weighted by molar-refractivity contribution is 5.22. The first-order chi connectivity index (χ1) is 12.2. The van der Waals surface area contributed by atoms with Gasteiger partial charge in [-0.25, -0.2) is 8.78 Å². The molecule has 0 spiro atoms. The van der Waals surface area contributed by atoms with Crippen LogP contribution in [0.15, 0.2) is 48.5 Å². The topological polar surface area (TPSA) is 18.5 Å². The molecule has 0 aliphatic carbocycles. The first kappa shape index (κ1) is 19.2. The highest BCUT2D eigenvalue weighted by Crippen LogP contribution is 2.14. The van der Waals surface area contributed by atoms with E-state index in [1.54, 1.807) is 24.3 Å². The lowest BCUT2D eigenvalue weighted by Crippen LogP contribution is -1.98. The van der Waals surface area contributed by atoms with Crippen molar-refractivity contribution >= 4 is 0 Å². The summed E-state index contributed by atoms with van der Waals surface area (Å²) in [6, 6.07) is 12.3. The van der Waals surface area contributed by atoms with Gasteiger partial charge >= 0.3 is 0 Å². The van der Waals surface area contributed by atoms with Gasteiger partial charge in [0.2, 0.25) is 0 Å². The molecule has 0 radical (unpaired) electrons. The summed E-state index contributed by atoms with van der Waals surface area (Å²) in [7, 11) is 0. The van der Waals surface area contributed by atoms with Crippen LogP contribution in [0.5, 0.6) is 11.5 Å². The summed E-state index contributed by atoms with van der Waals surface area (Å²) in [6.45, 7) is 1.36. The molecule has 0 unspecified atom stereocenters. The Bertz CT molecular complexity index is 528. The van der Waals surface area contributed by atoms with Crippen molar-refractivity contribution in [1.82, 2.24) is 0 Å². The number of unbranched alkanes of at least 4 members (excludes halogenated alkanes) is 6. The molecule has 0 aromatic heterocycles. The molecule has 0 aliphatic rings. The Morgan fingerprint density at radius 2 is 0.800 bits per heavy atom. The monoisotopic (exact) mass is 348 g/mol. The summed E-state index contributed by atoms with van der Waals surface area (Å²) in [4.78, 5) is 0. The van der Waals surface area contributed by atoms with Crippen LogP contribution < -0.4 is 9.47 Å². The maximum atomic E-state index is 12.7. The van der Waals surface area contributed by atoms with Gasteiger partial charge in [-0.3, -0.25) is 0 Å². The lowest BCUT2D eigenvalue weighted by Gasteiger charge is -2.07. The SMILES string of the molecule is Fc1ccc(OCCCCCCCCCOc2ccc(F)cc2)cc1. The molecule has 0 bridgehead atoms. The average molecular weight is 348 g/mol. The lowest BCUT2D eigenvalue weighted by atomic mass is 10.1. The van der Waals surface area contributed by atoms with Crippen LogP contribution in [0, 0.1) is 11.6 Å². The van der Waals surface area contributed by atoms with Gasteiger partial charge in [-0.05, 0) is 61.4 Å². The van der Waals surface area contributed by atoms with E-state index in [1.807, 2.05) is 0 Å². The minimum atomic E-state index is -0.240. The van der Waals surface area contributed by atoms with Crippen LogP contribution in [0.25, 0.3) is 0 Å². The van der Waals surface area contributed by atoms with E-state index in [-0.39, 0.29) is 11.6 Å². The molecule has 136 valence electrons. The molecule has 0 heterocycles. The van der Waals surface area contributed by atoms with Crippen LogP contribution in [0.3, 0.4) is 0 Å². The lowest BCUT2D eigenvalue weighted by molar-refractivity contribution is 0.299. The summed E-state index contributed by atoms with van der Waals surface area (Å²) < 4.78 is 36.6. The maximum Gasteiger partial charge on any atom is 0.123 e. The van der Waals surface area contributed by atoms with Crippen molar-refractivity contribution in [2.24, 2.45) is 0 Å². The third-order valence-electron chi connectivity index (χ3n) is 3.95. The fraction of sp³-hybridized carbons (Fsp3) is 0.429. The normalized spacial score (nSPS) is 10.6. The van der Waals surface area contributed by atoms with Crippen molar-refractivity contribution in [3.63, 3.8) is 0 Å². The van der Waals surface area contributed by atoms with Crippen molar-refractivity contribution in [2.45, 2.75) is 44.9 Å². The zero-order chi connectivity index (χ0) is 17.7. The smallest absolute Gasteiger partial charge is 0.123 e. The van der Waals surface area contributed by atoms with E-state index in [2.05, 4.69) is 0 Å². The predicted molar refractivity (Wildman–Crippen MR) is 96.1 cm³/mol. The second-order valence-electron chi connectivity index (χ2n) is 6.08. The Labute approximate surface area is 148 Å². The quantitative estimate of drug-likeness (QED) is 0.428. The standard InChI is InChI=1S/C21H26F2O2/c22-18-8-12-20(13-9-18)24-16-6-4-2-1-3-5-7-17-25-21-14-10-19(23)11-15-21/h8-15H,1-7,16-17H2. The van der Waals surface area contributed by atoms with Crippen molar-refractivity contribution in [2.75, 3.05) is 13.2 Å². The number of halogens is 2.